The van der Waals surface area contributed by atoms with Crippen molar-refractivity contribution in [3.05, 3.63) is 71.5 Å². The molecule has 0 aliphatic carbocycles. The molecule has 1 atom stereocenters. The van der Waals surface area contributed by atoms with E-state index in [0.29, 0.717) is 12.0 Å². The summed E-state index contributed by atoms with van der Waals surface area (Å²) in [6, 6.07) is 14.8. The number of aryl methyl sites for hydroxylation is 1. The Labute approximate surface area is 140 Å². The van der Waals surface area contributed by atoms with Crippen LogP contribution in [0.15, 0.2) is 54.6 Å². The van der Waals surface area contributed by atoms with Gasteiger partial charge in [0.25, 0.3) is 0 Å². The van der Waals surface area contributed by atoms with Gasteiger partial charge >= 0.3 is 5.97 Å². The van der Waals surface area contributed by atoms with Gasteiger partial charge in [0, 0.05) is 12.8 Å². The Balaban J connectivity index is 1.97. The molecule has 0 aliphatic heterocycles. The maximum atomic E-state index is 13.8. The lowest BCUT2D eigenvalue weighted by Gasteiger charge is -2.17. The highest BCUT2D eigenvalue weighted by Crippen LogP contribution is 2.10. The van der Waals surface area contributed by atoms with Gasteiger partial charge in [-0.25, -0.2) is 9.18 Å². The number of carbonyl (C=O) groups is 2. The van der Waals surface area contributed by atoms with Crippen LogP contribution in [-0.4, -0.2) is 25.0 Å². The van der Waals surface area contributed by atoms with Crippen molar-refractivity contribution in [1.29, 1.82) is 0 Å². The number of esters is 1. The molecular weight excluding hydrogens is 309 g/mol. The number of benzene rings is 2. The second-order valence-corrected chi connectivity index (χ2v) is 5.42. The van der Waals surface area contributed by atoms with Crippen molar-refractivity contribution in [2.75, 3.05) is 7.11 Å². The molecule has 5 heteroatoms. The number of amides is 1. The van der Waals surface area contributed by atoms with Crippen LogP contribution >= 0.6 is 0 Å². The van der Waals surface area contributed by atoms with Crippen LogP contribution in [0.3, 0.4) is 0 Å². The fraction of sp³-hybridized carbons (Fsp3) is 0.263. The highest BCUT2D eigenvalue weighted by atomic mass is 19.1. The minimum atomic E-state index is -0.907. The van der Waals surface area contributed by atoms with E-state index in [2.05, 4.69) is 5.32 Å². The molecule has 24 heavy (non-hydrogen) atoms. The Morgan fingerprint density at radius 2 is 1.75 bits per heavy atom. The monoisotopic (exact) mass is 329 g/mol. The summed E-state index contributed by atoms with van der Waals surface area (Å²) in [5.41, 5.74) is 1.40. The van der Waals surface area contributed by atoms with E-state index in [1.54, 1.807) is 18.2 Å². The van der Waals surface area contributed by atoms with Gasteiger partial charge in [-0.3, -0.25) is 4.79 Å². The van der Waals surface area contributed by atoms with Gasteiger partial charge in [-0.2, -0.15) is 0 Å². The molecule has 2 rings (SSSR count). The summed E-state index contributed by atoms with van der Waals surface area (Å²) < 4.78 is 18.5. The summed E-state index contributed by atoms with van der Waals surface area (Å²) >= 11 is 0. The maximum Gasteiger partial charge on any atom is 0.328 e. The molecule has 0 aromatic heterocycles. The summed E-state index contributed by atoms with van der Waals surface area (Å²) in [4.78, 5) is 24.0. The smallest absolute Gasteiger partial charge is 0.328 e. The van der Waals surface area contributed by atoms with E-state index < -0.39 is 17.8 Å². The number of rotatable bonds is 7. The minimum absolute atomic E-state index is 0.0520. The van der Waals surface area contributed by atoms with E-state index in [0.717, 1.165) is 5.56 Å². The second-order valence-electron chi connectivity index (χ2n) is 5.42. The Kier molecular flexibility index (Phi) is 6.49. The number of hydrogen-bond acceptors (Lipinski definition) is 3. The Hall–Kier alpha value is -2.69. The average Bonchev–Trinajstić information content (AvgIpc) is 2.61. The third kappa shape index (κ3) is 5.19. The third-order valence-electron chi connectivity index (χ3n) is 3.69. The zero-order valence-corrected chi connectivity index (χ0v) is 13.5. The van der Waals surface area contributed by atoms with Gasteiger partial charge in [-0.1, -0.05) is 48.5 Å². The summed E-state index contributed by atoms with van der Waals surface area (Å²) in [5.74, 6) is -1.28. The highest BCUT2D eigenvalue weighted by Gasteiger charge is 2.23. The van der Waals surface area contributed by atoms with Gasteiger partial charge in [0.1, 0.15) is 11.9 Å². The molecule has 0 unspecified atom stereocenters. The number of carbonyl (C=O) groups excluding carboxylic acids is 2. The summed E-state index contributed by atoms with van der Waals surface area (Å²) in [6.45, 7) is 0. The number of hydrogen-bond donors (Lipinski definition) is 1. The lowest BCUT2D eigenvalue weighted by molar-refractivity contribution is -0.145. The van der Waals surface area contributed by atoms with Crippen LogP contribution in [0.4, 0.5) is 4.39 Å². The van der Waals surface area contributed by atoms with Crippen molar-refractivity contribution in [2.45, 2.75) is 25.3 Å². The van der Waals surface area contributed by atoms with Crippen LogP contribution < -0.4 is 5.32 Å². The van der Waals surface area contributed by atoms with Gasteiger partial charge in [0.15, 0.2) is 0 Å². The number of methoxy groups -OCH3 is 1. The van der Waals surface area contributed by atoms with Crippen LogP contribution in [0.2, 0.25) is 0 Å². The first-order valence-electron chi connectivity index (χ1n) is 7.74. The summed E-state index contributed by atoms with van der Waals surface area (Å²) in [7, 11) is 1.24. The van der Waals surface area contributed by atoms with Crippen molar-refractivity contribution in [1.82, 2.24) is 5.32 Å². The van der Waals surface area contributed by atoms with Crippen molar-refractivity contribution in [2.24, 2.45) is 0 Å². The molecule has 126 valence electrons. The second kappa shape index (κ2) is 8.82. The van der Waals surface area contributed by atoms with Crippen LogP contribution in [0.1, 0.15) is 17.5 Å². The zero-order chi connectivity index (χ0) is 17.4. The lowest BCUT2D eigenvalue weighted by Crippen LogP contribution is -2.43. The lowest BCUT2D eigenvalue weighted by atomic mass is 10.0. The van der Waals surface area contributed by atoms with E-state index in [-0.39, 0.29) is 18.7 Å². The third-order valence-corrected chi connectivity index (χ3v) is 3.69. The number of halogens is 1. The van der Waals surface area contributed by atoms with Crippen molar-refractivity contribution in [3.63, 3.8) is 0 Å². The van der Waals surface area contributed by atoms with Gasteiger partial charge in [-0.15, -0.1) is 0 Å². The molecule has 0 aliphatic rings. The molecule has 2 aromatic carbocycles. The number of ether oxygens (including phenoxy) is 1. The Bertz CT molecular complexity index is 688. The zero-order valence-electron chi connectivity index (χ0n) is 13.5. The van der Waals surface area contributed by atoms with Gasteiger partial charge < -0.3 is 10.1 Å². The fourth-order valence-corrected chi connectivity index (χ4v) is 2.39. The van der Waals surface area contributed by atoms with E-state index in [9.17, 15) is 14.0 Å². The van der Waals surface area contributed by atoms with Crippen molar-refractivity contribution < 1.29 is 18.7 Å². The first kappa shape index (κ1) is 17.7. The predicted octanol–water partition coefficient (Wildman–Crippen LogP) is 2.66. The average molecular weight is 329 g/mol. The number of nitrogens with one attached hydrogen (secondary N) is 1. The predicted molar refractivity (Wildman–Crippen MR) is 88.8 cm³/mol. The molecule has 1 N–H and O–H groups in total. The largest absolute Gasteiger partial charge is 0.467 e. The SMILES string of the molecule is COC(=O)[C@@H](Cc1ccccc1F)NC(=O)CCc1ccccc1. The van der Waals surface area contributed by atoms with Crippen LogP contribution in [-0.2, 0) is 27.2 Å². The molecule has 0 saturated heterocycles. The normalized spacial score (nSPS) is 11.6. The highest BCUT2D eigenvalue weighted by molar-refractivity contribution is 5.84. The minimum Gasteiger partial charge on any atom is -0.467 e. The Morgan fingerprint density at radius 3 is 2.42 bits per heavy atom. The topological polar surface area (TPSA) is 55.4 Å². The molecule has 2 aromatic rings. The van der Waals surface area contributed by atoms with Gasteiger partial charge in [0.2, 0.25) is 5.91 Å². The van der Waals surface area contributed by atoms with Crippen LogP contribution in [0, 0.1) is 5.82 Å². The first-order chi connectivity index (χ1) is 11.6. The van der Waals surface area contributed by atoms with Crippen LogP contribution in [0.5, 0.6) is 0 Å². The van der Waals surface area contributed by atoms with Crippen LogP contribution in [0.25, 0.3) is 0 Å². The van der Waals surface area contributed by atoms with E-state index in [4.69, 9.17) is 4.74 Å². The van der Waals surface area contributed by atoms with Gasteiger partial charge in [-0.05, 0) is 23.6 Å². The first-order valence-corrected chi connectivity index (χ1v) is 7.74. The molecule has 0 heterocycles. The molecule has 0 saturated carbocycles. The van der Waals surface area contributed by atoms with Crippen molar-refractivity contribution in [3.8, 4) is 0 Å². The Morgan fingerprint density at radius 1 is 1.08 bits per heavy atom. The molecule has 0 radical (unpaired) electrons. The van der Waals surface area contributed by atoms with E-state index in [1.807, 2.05) is 30.3 Å². The fourth-order valence-electron chi connectivity index (χ4n) is 2.39. The van der Waals surface area contributed by atoms with Gasteiger partial charge in [0.05, 0.1) is 7.11 Å². The van der Waals surface area contributed by atoms with E-state index >= 15 is 0 Å². The summed E-state index contributed by atoms with van der Waals surface area (Å²) in [6.07, 6.45) is 0.867. The quantitative estimate of drug-likeness (QED) is 0.795. The molecule has 0 bridgehead atoms. The summed E-state index contributed by atoms with van der Waals surface area (Å²) in [5, 5.41) is 2.63. The molecule has 4 nitrogen and oxygen atoms in total. The molecular formula is C19H20FNO3. The maximum absolute atomic E-state index is 13.8. The van der Waals surface area contributed by atoms with E-state index in [1.165, 1.54) is 13.2 Å². The standard InChI is InChI=1S/C19H20FNO3/c1-24-19(23)17(13-15-9-5-6-10-16(15)20)21-18(22)12-11-14-7-3-2-4-8-14/h2-10,17H,11-13H2,1H3,(H,21,22)/t17-/m1/s1. The molecule has 1 amide bonds. The van der Waals surface area contributed by atoms with Crippen molar-refractivity contribution >= 4 is 11.9 Å². The molecule has 0 fully saturated rings. The molecule has 0 spiro atoms.